The molecule has 11 aromatic rings. The molecule has 300 valence electrons. The molecule has 2 aliphatic carbocycles. The molecule has 2 aliphatic rings. The lowest BCUT2D eigenvalue weighted by atomic mass is 9.70. The van der Waals surface area contributed by atoms with Crippen molar-refractivity contribution in [2.24, 2.45) is 0 Å². The third kappa shape index (κ3) is 5.44. The number of benzene rings is 10. The molecule has 1 aromatic heterocycles. The molecule has 1 heterocycles. The van der Waals surface area contributed by atoms with Crippen LogP contribution in [-0.2, 0) is 5.41 Å². The second-order valence-electron chi connectivity index (χ2n) is 16.8. The molecule has 64 heavy (non-hydrogen) atoms. The van der Waals surface area contributed by atoms with Crippen molar-refractivity contribution >= 4 is 65.6 Å². The smallest absolute Gasteiger partial charge is 0.0727 e. The number of nitrogens with zero attached hydrogens (tertiary/aromatic N) is 2. The van der Waals surface area contributed by atoms with Gasteiger partial charge in [0.25, 0.3) is 0 Å². The maximum Gasteiger partial charge on any atom is 0.0727 e. The lowest BCUT2D eigenvalue weighted by Crippen LogP contribution is -2.26. The van der Waals surface area contributed by atoms with Crippen LogP contribution in [0, 0.1) is 0 Å². The summed E-state index contributed by atoms with van der Waals surface area (Å²) in [6, 6.07) is 89.5. The highest BCUT2D eigenvalue weighted by Crippen LogP contribution is 2.65. The van der Waals surface area contributed by atoms with Crippen LogP contribution < -0.4 is 9.80 Å². The highest BCUT2D eigenvalue weighted by molar-refractivity contribution is 7.25. The molecule has 2 nitrogen and oxygen atoms in total. The molecule has 1 spiro atoms. The van der Waals surface area contributed by atoms with Crippen molar-refractivity contribution in [3.05, 3.63) is 265 Å². The zero-order valence-corrected chi connectivity index (χ0v) is 35.7. The lowest BCUT2D eigenvalue weighted by molar-refractivity contribution is 0.793. The summed E-state index contributed by atoms with van der Waals surface area (Å²) < 4.78 is 2.61. The quantitative estimate of drug-likeness (QED) is 0.158. The van der Waals surface area contributed by atoms with Gasteiger partial charge in [-0.3, -0.25) is 0 Å². The van der Waals surface area contributed by atoms with Crippen LogP contribution in [-0.4, -0.2) is 0 Å². The van der Waals surface area contributed by atoms with Crippen molar-refractivity contribution in [2.45, 2.75) is 5.41 Å². The number of para-hydroxylation sites is 2. The molecule has 0 aliphatic heterocycles. The highest BCUT2D eigenvalue weighted by Gasteiger charge is 2.52. The Morgan fingerprint density at radius 2 is 0.812 bits per heavy atom. The maximum absolute atomic E-state index is 2.48. The summed E-state index contributed by atoms with van der Waals surface area (Å²) >= 11 is 1.86. The minimum atomic E-state index is -0.556. The third-order valence-corrected chi connectivity index (χ3v) is 14.6. The van der Waals surface area contributed by atoms with Gasteiger partial charge < -0.3 is 9.80 Å². The lowest BCUT2D eigenvalue weighted by Gasteiger charge is -2.33. The van der Waals surface area contributed by atoms with E-state index in [4.69, 9.17) is 0 Å². The largest absolute Gasteiger partial charge is 0.310 e. The van der Waals surface area contributed by atoms with Gasteiger partial charge in [-0.2, -0.15) is 0 Å². The summed E-state index contributed by atoms with van der Waals surface area (Å²) in [5, 5.41) is 2.58. The van der Waals surface area contributed by atoms with Gasteiger partial charge in [0, 0.05) is 54.2 Å². The Bertz CT molecular complexity index is 3560. The predicted octanol–water partition coefficient (Wildman–Crippen LogP) is 17.0. The van der Waals surface area contributed by atoms with Gasteiger partial charge in [-0.05, 0) is 129 Å². The molecule has 0 amide bonds. The monoisotopic (exact) mass is 832 g/mol. The van der Waals surface area contributed by atoms with Gasteiger partial charge >= 0.3 is 0 Å². The van der Waals surface area contributed by atoms with E-state index in [1.165, 1.54) is 81.5 Å². The van der Waals surface area contributed by atoms with Crippen LogP contribution in [0.4, 0.5) is 34.1 Å². The van der Waals surface area contributed by atoms with E-state index in [0.29, 0.717) is 0 Å². The van der Waals surface area contributed by atoms with Gasteiger partial charge in [0.05, 0.1) is 11.1 Å². The van der Waals surface area contributed by atoms with Gasteiger partial charge in [0.2, 0.25) is 0 Å². The van der Waals surface area contributed by atoms with E-state index in [0.717, 1.165) is 28.4 Å². The van der Waals surface area contributed by atoms with Crippen molar-refractivity contribution in [3.63, 3.8) is 0 Å². The zero-order valence-electron chi connectivity index (χ0n) is 34.9. The first-order valence-corrected chi connectivity index (χ1v) is 22.8. The van der Waals surface area contributed by atoms with E-state index < -0.39 is 5.41 Å². The van der Waals surface area contributed by atoms with Crippen molar-refractivity contribution in [3.8, 4) is 33.4 Å². The molecule has 0 N–H and O–H groups in total. The van der Waals surface area contributed by atoms with Gasteiger partial charge in [-0.15, -0.1) is 11.3 Å². The average Bonchev–Trinajstić information content (AvgIpc) is 3.99. The molecule has 0 fully saturated rings. The van der Waals surface area contributed by atoms with Gasteiger partial charge in [-0.1, -0.05) is 164 Å². The first kappa shape index (κ1) is 36.7. The van der Waals surface area contributed by atoms with E-state index in [2.05, 4.69) is 252 Å². The molecular formula is C61H40N2S. The van der Waals surface area contributed by atoms with E-state index in [1.54, 1.807) is 0 Å². The van der Waals surface area contributed by atoms with Crippen molar-refractivity contribution in [2.75, 3.05) is 9.80 Å². The molecule has 0 saturated carbocycles. The van der Waals surface area contributed by atoms with E-state index in [1.807, 2.05) is 11.3 Å². The Labute approximate surface area is 377 Å². The standard InChI is InChI=1S/C61H40N2S/c1-4-17-41(18-5-1)42-31-33-45(34-32-42)62(43-19-6-2-7-20-43)47-35-37-49-48-23-10-13-26-53(48)61(56(49)40-47)54-27-14-11-25-51(54)60-55(61)28-16-29-57(60)63(44-21-8-3-9-22-44)46-36-38-59-52(39-46)50-24-12-15-30-58(50)64-59/h1-40H. The number of rotatable bonds is 7. The molecule has 0 radical (unpaired) electrons. The third-order valence-electron chi connectivity index (χ3n) is 13.5. The van der Waals surface area contributed by atoms with Crippen LogP contribution in [0.5, 0.6) is 0 Å². The SMILES string of the molecule is c1ccc(-c2ccc(N(c3ccccc3)c3ccc4c(c3)C3(c5ccccc5-4)c4ccccc4-c4c(N(c5ccccc5)c5ccc6sc7ccccc7c6c5)cccc43)cc2)cc1. The Kier molecular flexibility index (Phi) is 8.34. The topological polar surface area (TPSA) is 6.48 Å². The summed E-state index contributed by atoms with van der Waals surface area (Å²) in [4.78, 5) is 4.89. The van der Waals surface area contributed by atoms with Crippen LogP contribution in [0.3, 0.4) is 0 Å². The zero-order chi connectivity index (χ0) is 42.2. The van der Waals surface area contributed by atoms with Crippen LogP contribution >= 0.6 is 11.3 Å². The van der Waals surface area contributed by atoms with Gasteiger partial charge in [0.15, 0.2) is 0 Å². The average molecular weight is 833 g/mol. The molecular weight excluding hydrogens is 793 g/mol. The molecule has 3 heteroatoms. The minimum absolute atomic E-state index is 0.556. The van der Waals surface area contributed by atoms with Crippen molar-refractivity contribution < 1.29 is 0 Å². The van der Waals surface area contributed by atoms with Crippen LogP contribution in [0.25, 0.3) is 53.6 Å². The van der Waals surface area contributed by atoms with Crippen LogP contribution in [0.2, 0.25) is 0 Å². The molecule has 0 saturated heterocycles. The van der Waals surface area contributed by atoms with E-state index in [9.17, 15) is 0 Å². The fourth-order valence-corrected chi connectivity index (χ4v) is 11.9. The second-order valence-corrected chi connectivity index (χ2v) is 17.9. The number of thiophene rings is 1. The first-order valence-electron chi connectivity index (χ1n) is 22.0. The van der Waals surface area contributed by atoms with Gasteiger partial charge in [0.1, 0.15) is 0 Å². The number of anilines is 6. The Hall–Kier alpha value is -7.98. The van der Waals surface area contributed by atoms with Crippen LogP contribution in [0.15, 0.2) is 243 Å². The van der Waals surface area contributed by atoms with Crippen molar-refractivity contribution in [1.29, 1.82) is 0 Å². The van der Waals surface area contributed by atoms with E-state index in [-0.39, 0.29) is 0 Å². The summed E-state index contributed by atoms with van der Waals surface area (Å²) in [6.45, 7) is 0. The minimum Gasteiger partial charge on any atom is -0.310 e. The molecule has 13 rings (SSSR count). The van der Waals surface area contributed by atoms with E-state index >= 15 is 0 Å². The van der Waals surface area contributed by atoms with Crippen LogP contribution in [0.1, 0.15) is 22.3 Å². The number of hydrogen-bond acceptors (Lipinski definition) is 3. The Morgan fingerprint density at radius 1 is 0.297 bits per heavy atom. The number of fused-ring (bicyclic) bond motifs is 13. The maximum atomic E-state index is 2.48. The first-order chi connectivity index (χ1) is 31.8. The Balaban J connectivity index is 1.05. The summed E-state index contributed by atoms with van der Waals surface area (Å²) in [7, 11) is 0. The van der Waals surface area contributed by atoms with Crippen molar-refractivity contribution in [1.82, 2.24) is 0 Å². The fraction of sp³-hybridized carbons (Fsp3) is 0.0164. The highest BCUT2D eigenvalue weighted by atomic mass is 32.1. The fourth-order valence-electron chi connectivity index (χ4n) is 10.8. The van der Waals surface area contributed by atoms with Gasteiger partial charge in [-0.25, -0.2) is 0 Å². The second kappa shape index (κ2) is 14.6. The molecule has 0 bridgehead atoms. The molecule has 1 atom stereocenters. The molecule has 10 aromatic carbocycles. The summed E-state index contributed by atoms with van der Waals surface area (Å²) in [5.41, 5.74) is 18.9. The predicted molar refractivity (Wildman–Crippen MR) is 270 cm³/mol. The molecule has 1 unspecified atom stereocenters. The summed E-state index contributed by atoms with van der Waals surface area (Å²) in [5.74, 6) is 0. The normalized spacial score (nSPS) is 14.3. The number of hydrogen-bond donors (Lipinski definition) is 0. The Morgan fingerprint density at radius 3 is 1.58 bits per heavy atom. The summed E-state index contributed by atoms with van der Waals surface area (Å²) in [6.07, 6.45) is 0.